The largest absolute Gasteiger partial charge is 0.361 e. The third-order valence-electron chi connectivity index (χ3n) is 3.64. The lowest BCUT2D eigenvalue weighted by molar-refractivity contribution is -0.121. The summed E-state index contributed by atoms with van der Waals surface area (Å²) in [5.41, 5.74) is 1.62. The fourth-order valence-corrected chi connectivity index (χ4v) is 2.35. The van der Waals surface area contributed by atoms with E-state index in [0.717, 1.165) is 17.1 Å². The number of nitrogens with zero attached hydrogens (tertiary/aromatic N) is 3. The number of carbonyl (C=O) groups is 1. The Hall–Kier alpha value is -2.11. The SMILES string of the molecule is Cc1noc(C)c1CC(=O)NC(c1nccn1C)C(C)C. The van der Waals surface area contributed by atoms with Gasteiger partial charge in [-0.2, -0.15) is 0 Å². The van der Waals surface area contributed by atoms with Gasteiger partial charge in [0.15, 0.2) is 0 Å². The maximum absolute atomic E-state index is 12.3. The Morgan fingerprint density at radius 1 is 1.43 bits per heavy atom. The fraction of sp³-hybridized carbons (Fsp3) is 0.533. The van der Waals surface area contributed by atoms with E-state index >= 15 is 0 Å². The Kier molecular flexibility index (Phi) is 4.45. The van der Waals surface area contributed by atoms with Crippen molar-refractivity contribution >= 4 is 5.91 Å². The number of aromatic nitrogens is 3. The quantitative estimate of drug-likeness (QED) is 0.915. The number of hydrogen-bond acceptors (Lipinski definition) is 4. The predicted molar refractivity (Wildman–Crippen MR) is 78.6 cm³/mol. The van der Waals surface area contributed by atoms with Gasteiger partial charge in [0.1, 0.15) is 11.6 Å². The third kappa shape index (κ3) is 3.32. The van der Waals surface area contributed by atoms with Gasteiger partial charge in [-0.25, -0.2) is 4.98 Å². The fourth-order valence-electron chi connectivity index (χ4n) is 2.35. The van der Waals surface area contributed by atoms with Crippen LogP contribution in [-0.4, -0.2) is 20.6 Å². The Bertz CT molecular complexity index is 608. The molecule has 0 aliphatic heterocycles. The molecule has 0 saturated heterocycles. The molecule has 0 spiro atoms. The first kappa shape index (κ1) is 15.3. The zero-order chi connectivity index (χ0) is 15.6. The first-order valence-electron chi connectivity index (χ1n) is 7.08. The number of rotatable bonds is 5. The molecule has 1 unspecified atom stereocenters. The van der Waals surface area contributed by atoms with Crippen LogP contribution in [0.25, 0.3) is 0 Å². The molecule has 1 N–H and O–H groups in total. The summed E-state index contributed by atoms with van der Waals surface area (Å²) in [6.45, 7) is 7.80. The minimum absolute atomic E-state index is 0.0499. The topological polar surface area (TPSA) is 73.0 Å². The van der Waals surface area contributed by atoms with Crippen LogP contribution >= 0.6 is 0 Å². The van der Waals surface area contributed by atoms with Gasteiger partial charge in [0.05, 0.1) is 18.2 Å². The van der Waals surface area contributed by atoms with Gasteiger partial charge >= 0.3 is 0 Å². The molecule has 0 saturated carbocycles. The van der Waals surface area contributed by atoms with E-state index in [1.54, 1.807) is 6.20 Å². The monoisotopic (exact) mass is 290 g/mol. The number of hydrogen-bond donors (Lipinski definition) is 1. The van der Waals surface area contributed by atoms with Gasteiger partial charge in [0, 0.05) is 25.0 Å². The van der Waals surface area contributed by atoms with Gasteiger partial charge < -0.3 is 14.4 Å². The predicted octanol–water partition coefficient (Wildman–Crippen LogP) is 2.08. The molecule has 0 aliphatic rings. The third-order valence-corrected chi connectivity index (χ3v) is 3.64. The summed E-state index contributed by atoms with van der Waals surface area (Å²) in [4.78, 5) is 16.7. The van der Waals surface area contributed by atoms with Crippen LogP contribution in [0.5, 0.6) is 0 Å². The first-order chi connectivity index (χ1) is 9.90. The molecular formula is C15H22N4O2. The maximum Gasteiger partial charge on any atom is 0.225 e. The van der Waals surface area contributed by atoms with E-state index in [2.05, 4.69) is 29.3 Å². The molecule has 6 heteroatoms. The Morgan fingerprint density at radius 3 is 2.62 bits per heavy atom. The van der Waals surface area contributed by atoms with Crippen molar-refractivity contribution in [3.05, 3.63) is 35.2 Å². The van der Waals surface area contributed by atoms with Gasteiger partial charge in [-0.05, 0) is 19.8 Å². The minimum Gasteiger partial charge on any atom is -0.361 e. The zero-order valence-electron chi connectivity index (χ0n) is 13.2. The summed E-state index contributed by atoms with van der Waals surface area (Å²) in [6.07, 6.45) is 3.89. The molecule has 2 rings (SSSR count). The molecule has 0 bridgehead atoms. The van der Waals surface area contributed by atoms with Crippen molar-refractivity contribution in [2.24, 2.45) is 13.0 Å². The lowest BCUT2D eigenvalue weighted by Gasteiger charge is -2.22. The van der Waals surface area contributed by atoms with E-state index in [-0.39, 0.29) is 24.3 Å². The Balaban J connectivity index is 2.11. The zero-order valence-corrected chi connectivity index (χ0v) is 13.2. The second-order valence-electron chi connectivity index (χ2n) is 5.67. The standard InChI is InChI=1S/C15H22N4O2/c1-9(2)14(15-16-6-7-19(15)5)17-13(20)8-12-10(3)18-21-11(12)4/h6-7,9,14H,8H2,1-5H3,(H,17,20). The number of carbonyl (C=O) groups excluding carboxylic acids is 1. The smallest absolute Gasteiger partial charge is 0.225 e. The van der Waals surface area contributed by atoms with Crippen molar-refractivity contribution < 1.29 is 9.32 Å². The van der Waals surface area contributed by atoms with Crippen LogP contribution in [0.15, 0.2) is 16.9 Å². The molecule has 0 radical (unpaired) electrons. The molecule has 2 heterocycles. The molecule has 0 aliphatic carbocycles. The molecule has 1 atom stereocenters. The van der Waals surface area contributed by atoms with Gasteiger partial charge in [0.25, 0.3) is 0 Å². The van der Waals surface area contributed by atoms with Crippen molar-refractivity contribution in [1.29, 1.82) is 0 Å². The lowest BCUT2D eigenvalue weighted by Crippen LogP contribution is -2.34. The summed E-state index contributed by atoms with van der Waals surface area (Å²) >= 11 is 0. The van der Waals surface area contributed by atoms with Gasteiger partial charge in [-0.15, -0.1) is 0 Å². The van der Waals surface area contributed by atoms with Crippen molar-refractivity contribution in [3.8, 4) is 0 Å². The molecule has 2 aromatic rings. The van der Waals surface area contributed by atoms with E-state index in [4.69, 9.17) is 4.52 Å². The first-order valence-corrected chi connectivity index (χ1v) is 7.08. The average molecular weight is 290 g/mol. The van der Waals surface area contributed by atoms with Crippen LogP contribution in [-0.2, 0) is 18.3 Å². The highest BCUT2D eigenvalue weighted by Gasteiger charge is 2.23. The number of amides is 1. The summed E-state index contributed by atoms with van der Waals surface area (Å²) in [5, 5.41) is 6.94. The highest BCUT2D eigenvalue weighted by atomic mass is 16.5. The second kappa shape index (κ2) is 6.11. The molecule has 114 valence electrons. The summed E-state index contributed by atoms with van der Waals surface area (Å²) in [7, 11) is 1.93. The van der Waals surface area contributed by atoms with Crippen LogP contribution in [0.1, 0.15) is 42.7 Å². The van der Waals surface area contributed by atoms with Crippen LogP contribution in [0.4, 0.5) is 0 Å². The highest BCUT2D eigenvalue weighted by molar-refractivity contribution is 5.79. The molecule has 1 amide bonds. The summed E-state index contributed by atoms with van der Waals surface area (Å²) < 4.78 is 7.02. The second-order valence-corrected chi connectivity index (χ2v) is 5.67. The summed E-state index contributed by atoms with van der Waals surface area (Å²) in [5.74, 6) is 1.75. The average Bonchev–Trinajstić information content (AvgIpc) is 2.96. The van der Waals surface area contributed by atoms with Crippen molar-refractivity contribution in [2.45, 2.75) is 40.2 Å². The van der Waals surface area contributed by atoms with Crippen LogP contribution < -0.4 is 5.32 Å². The normalized spacial score (nSPS) is 12.7. The highest BCUT2D eigenvalue weighted by Crippen LogP contribution is 2.20. The summed E-state index contributed by atoms with van der Waals surface area (Å²) in [6, 6.07) is -0.113. The van der Waals surface area contributed by atoms with Crippen LogP contribution in [0, 0.1) is 19.8 Å². The van der Waals surface area contributed by atoms with Crippen molar-refractivity contribution in [3.63, 3.8) is 0 Å². The Morgan fingerprint density at radius 2 is 2.14 bits per heavy atom. The lowest BCUT2D eigenvalue weighted by atomic mass is 10.0. The number of aryl methyl sites for hydroxylation is 3. The van der Waals surface area contributed by atoms with E-state index in [1.807, 2.05) is 31.7 Å². The van der Waals surface area contributed by atoms with Crippen molar-refractivity contribution in [2.75, 3.05) is 0 Å². The van der Waals surface area contributed by atoms with Gasteiger partial charge in [-0.1, -0.05) is 19.0 Å². The minimum atomic E-state index is -0.113. The molecule has 21 heavy (non-hydrogen) atoms. The van der Waals surface area contributed by atoms with Crippen LogP contribution in [0.3, 0.4) is 0 Å². The molecule has 2 aromatic heterocycles. The van der Waals surface area contributed by atoms with Gasteiger partial charge in [-0.3, -0.25) is 4.79 Å². The van der Waals surface area contributed by atoms with Gasteiger partial charge in [0.2, 0.25) is 5.91 Å². The van der Waals surface area contributed by atoms with E-state index in [9.17, 15) is 4.79 Å². The molecule has 0 aromatic carbocycles. The number of imidazole rings is 1. The molecule has 0 fully saturated rings. The van der Waals surface area contributed by atoms with Crippen LogP contribution in [0.2, 0.25) is 0 Å². The number of nitrogens with one attached hydrogen (secondary N) is 1. The Labute approximate surface area is 124 Å². The van der Waals surface area contributed by atoms with Crippen molar-refractivity contribution in [1.82, 2.24) is 20.0 Å². The van der Waals surface area contributed by atoms with E-state index < -0.39 is 0 Å². The molecular weight excluding hydrogens is 268 g/mol. The van der Waals surface area contributed by atoms with E-state index in [1.165, 1.54) is 0 Å². The maximum atomic E-state index is 12.3. The molecule has 6 nitrogen and oxygen atoms in total. The van der Waals surface area contributed by atoms with E-state index in [0.29, 0.717) is 5.76 Å².